The molecule has 1 aliphatic rings. The van der Waals surface area contributed by atoms with Crippen molar-refractivity contribution in [2.75, 3.05) is 6.54 Å². The molecule has 1 N–H and O–H groups in total. The highest BCUT2D eigenvalue weighted by Gasteiger charge is 2.28. The van der Waals surface area contributed by atoms with Crippen molar-refractivity contribution in [3.05, 3.63) is 64.9 Å². The summed E-state index contributed by atoms with van der Waals surface area (Å²) in [5.41, 5.74) is 2.82. The van der Waals surface area contributed by atoms with Crippen molar-refractivity contribution in [3.8, 4) is 0 Å². The average molecular weight is 330 g/mol. The number of pyridine rings is 1. The van der Waals surface area contributed by atoms with Crippen LogP contribution in [0.5, 0.6) is 0 Å². The summed E-state index contributed by atoms with van der Waals surface area (Å²) in [6.07, 6.45) is 4.03. The van der Waals surface area contributed by atoms with Gasteiger partial charge in [0.25, 0.3) is 5.91 Å². The SMILES string of the molecule is O=C(NCCc1ccc(Cl)cc1)[C@@H]1CC(c2ccncc2)=NO1. The lowest BCUT2D eigenvalue weighted by Gasteiger charge is -2.09. The zero-order valence-electron chi connectivity index (χ0n) is 12.4. The molecule has 1 aromatic heterocycles. The number of nitrogens with one attached hydrogen (secondary N) is 1. The van der Waals surface area contributed by atoms with Gasteiger partial charge in [0.1, 0.15) is 0 Å². The van der Waals surface area contributed by atoms with Crippen LogP contribution in [0.3, 0.4) is 0 Å². The second-order valence-corrected chi connectivity index (χ2v) is 5.68. The van der Waals surface area contributed by atoms with E-state index in [1.54, 1.807) is 12.4 Å². The monoisotopic (exact) mass is 329 g/mol. The minimum atomic E-state index is -0.566. The summed E-state index contributed by atoms with van der Waals surface area (Å²) in [5, 5.41) is 7.58. The Morgan fingerprint density at radius 3 is 2.70 bits per heavy atom. The third-order valence-electron chi connectivity index (χ3n) is 3.60. The van der Waals surface area contributed by atoms with Crippen molar-refractivity contribution >= 4 is 23.2 Å². The molecule has 0 radical (unpaired) electrons. The summed E-state index contributed by atoms with van der Waals surface area (Å²) in [6.45, 7) is 0.547. The average Bonchev–Trinajstić information content (AvgIpc) is 3.07. The number of halogens is 1. The molecule has 0 saturated carbocycles. The Balaban J connectivity index is 1.46. The van der Waals surface area contributed by atoms with Gasteiger partial charge in [-0.15, -0.1) is 0 Å². The molecule has 0 saturated heterocycles. The molecule has 23 heavy (non-hydrogen) atoms. The van der Waals surface area contributed by atoms with Crippen molar-refractivity contribution in [1.29, 1.82) is 0 Å². The van der Waals surface area contributed by atoms with Gasteiger partial charge >= 0.3 is 0 Å². The molecule has 0 spiro atoms. The number of nitrogens with zero attached hydrogens (tertiary/aromatic N) is 2. The van der Waals surface area contributed by atoms with Crippen molar-refractivity contribution < 1.29 is 9.63 Å². The van der Waals surface area contributed by atoms with Crippen molar-refractivity contribution in [2.24, 2.45) is 5.16 Å². The van der Waals surface area contributed by atoms with Crippen LogP contribution in [0.4, 0.5) is 0 Å². The van der Waals surface area contributed by atoms with E-state index < -0.39 is 6.10 Å². The summed E-state index contributed by atoms with van der Waals surface area (Å²) in [4.78, 5) is 21.3. The predicted octanol–water partition coefficient (Wildman–Crippen LogP) is 2.59. The number of hydrogen-bond acceptors (Lipinski definition) is 4. The van der Waals surface area contributed by atoms with Crippen LogP contribution in [0.25, 0.3) is 0 Å². The summed E-state index contributed by atoms with van der Waals surface area (Å²) in [6, 6.07) is 11.3. The molecular weight excluding hydrogens is 314 g/mol. The van der Waals surface area contributed by atoms with E-state index in [4.69, 9.17) is 16.4 Å². The smallest absolute Gasteiger partial charge is 0.264 e. The molecule has 0 aliphatic carbocycles. The third kappa shape index (κ3) is 4.07. The maximum atomic E-state index is 12.1. The van der Waals surface area contributed by atoms with Gasteiger partial charge in [-0.2, -0.15) is 0 Å². The van der Waals surface area contributed by atoms with E-state index in [0.717, 1.165) is 23.3 Å². The summed E-state index contributed by atoms with van der Waals surface area (Å²) in [7, 11) is 0. The highest BCUT2D eigenvalue weighted by molar-refractivity contribution is 6.30. The number of carbonyl (C=O) groups excluding carboxylic acids is 1. The molecule has 0 bridgehead atoms. The molecule has 0 unspecified atom stereocenters. The number of amides is 1. The maximum Gasteiger partial charge on any atom is 0.264 e. The number of oxime groups is 1. The van der Waals surface area contributed by atoms with Crippen LogP contribution in [0, 0.1) is 0 Å². The van der Waals surface area contributed by atoms with Gasteiger partial charge in [0.05, 0.1) is 5.71 Å². The summed E-state index contributed by atoms with van der Waals surface area (Å²) < 4.78 is 0. The fourth-order valence-corrected chi connectivity index (χ4v) is 2.45. The Bertz CT molecular complexity index is 702. The van der Waals surface area contributed by atoms with E-state index in [-0.39, 0.29) is 5.91 Å². The van der Waals surface area contributed by atoms with E-state index in [1.165, 1.54) is 0 Å². The standard InChI is InChI=1S/C17H16ClN3O2/c18-14-3-1-12(2-4-14)5-10-20-17(22)16-11-15(21-23-16)13-6-8-19-9-7-13/h1-4,6-9,16H,5,10-11H2,(H,20,22)/t16-/m0/s1. The van der Waals surface area contributed by atoms with E-state index in [0.29, 0.717) is 18.0 Å². The first-order valence-electron chi connectivity index (χ1n) is 7.37. The lowest BCUT2D eigenvalue weighted by atomic mass is 10.1. The molecule has 1 atom stereocenters. The van der Waals surface area contributed by atoms with Gasteiger partial charge in [0.15, 0.2) is 0 Å². The first-order valence-corrected chi connectivity index (χ1v) is 7.75. The Morgan fingerprint density at radius 2 is 1.96 bits per heavy atom. The molecule has 1 amide bonds. The molecule has 5 nitrogen and oxygen atoms in total. The van der Waals surface area contributed by atoms with Gasteiger partial charge in [-0.3, -0.25) is 9.78 Å². The van der Waals surface area contributed by atoms with Crippen LogP contribution in [-0.4, -0.2) is 29.3 Å². The molecule has 2 heterocycles. The van der Waals surface area contributed by atoms with Crippen LogP contribution in [-0.2, 0) is 16.1 Å². The molecule has 118 valence electrons. The van der Waals surface area contributed by atoms with E-state index in [1.807, 2.05) is 36.4 Å². The Kier molecular flexibility index (Phi) is 4.88. The second kappa shape index (κ2) is 7.24. The normalized spacial score (nSPS) is 16.6. The van der Waals surface area contributed by atoms with Crippen molar-refractivity contribution in [1.82, 2.24) is 10.3 Å². The maximum absolute atomic E-state index is 12.1. The van der Waals surface area contributed by atoms with Gasteiger partial charge in [-0.05, 0) is 36.2 Å². The second-order valence-electron chi connectivity index (χ2n) is 5.24. The van der Waals surface area contributed by atoms with E-state index >= 15 is 0 Å². The number of hydrogen-bond donors (Lipinski definition) is 1. The first-order chi connectivity index (χ1) is 11.2. The number of benzene rings is 1. The molecule has 0 fully saturated rings. The van der Waals surface area contributed by atoms with Gasteiger partial charge in [0, 0.05) is 35.9 Å². The van der Waals surface area contributed by atoms with E-state index in [9.17, 15) is 4.79 Å². The van der Waals surface area contributed by atoms with Crippen molar-refractivity contribution in [3.63, 3.8) is 0 Å². The number of rotatable bonds is 5. The van der Waals surface area contributed by atoms with Crippen molar-refractivity contribution in [2.45, 2.75) is 18.9 Å². The lowest BCUT2D eigenvalue weighted by molar-refractivity contribution is -0.131. The molecule has 6 heteroatoms. The van der Waals surface area contributed by atoms with Gasteiger partial charge in [-0.25, -0.2) is 0 Å². The zero-order valence-corrected chi connectivity index (χ0v) is 13.2. The first kappa shape index (κ1) is 15.5. The number of carbonyl (C=O) groups is 1. The third-order valence-corrected chi connectivity index (χ3v) is 3.85. The fraction of sp³-hybridized carbons (Fsp3) is 0.235. The van der Waals surface area contributed by atoms with Crippen LogP contribution in [0.1, 0.15) is 17.5 Å². The minimum Gasteiger partial charge on any atom is -0.382 e. The highest BCUT2D eigenvalue weighted by atomic mass is 35.5. The highest BCUT2D eigenvalue weighted by Crippen LogP contribution is 2.16. The van der Waals surface area contributed by atoms with Crippen LogP contribution in [0.15, 0.2) is 53.9 Å². The Hall–Kier alpha value is -2.40. The van der Waals surface area contributed by atoms with Gasteiger partial charge < -0.3 is 10.2 Å². The van der Waals surface area contributed by atoms with E-state index in [2.05, 4.69) is 15.5 Å². The van der Waals surface area contributed by atoms with Crippen LogP contribution in [0.2, 0.25) is 5.02 Å². The molecule has 2 aromatic rings. The quantitative estimate of drug-likeness (QED) is 0.917. The lowest BCUT2D eigenvalue weighted by Crippen LogP contribution is -2.36. The van der Waals surface area contributed by atoms with Crippen LogP contribution < -0.4 is 5.32 Å². The number of aromatic nitrogens is 1. The Morgan fingerprint density at radius 1 is 1.22 bits per heavy atom. The topological polar surface area (TPSA) is 63.6 Å². The molecule has 3 rings (SSSR count). The van der Waals surface area contributed by atoms with Crippen LogP contribution >= 0.6 is 11.6 Å². The Labute approximate surface area is 139 Å². The van der Waals surface area contributed by atoms with Gasteiger partial charge in [-0.1, -0.05) is 28.9 Å². The summed E-state index contributed by atoms with van der Waals surface area (Å²) >= 11 is 5.84. The summed E-state index contributed by atoms with van der Waals surface area (Å²) in [5.74, 6) is -0.147. The fourth-order valence-electron chi connectivity index (χ4n) is 2.33. The van der Waals surface area contributed by atoms with Gasteiger partial charge in [0.2, 0.25) is 6.10 Å². The minimum absolute atomic E-state index is 0.147. The molecule has 1 aliphatic heterocycles. The molecular formula is C17H16ClN3O2. The largest absolute Gasteiger partial charge is 0.382 e. The molecule has 1 aromatic carbocycles. The zero-order chi connectivity index (χ0) is 16.1. The predicted molar refractivity (Wildman–Crippen MR) is 88.4 cm³/mol.